The molecule has 0 bridgehead atoms. The summed E-state index contributed by atoms with van der Waals surface area (Å²) in [7, 11) is 0. The SMILES string of the molecule is CC(C)(C)N/N=C(/c1cccc(Br)c1)c1ncccc1O. The van der Waals surface area contributed by atoms with Crippen LogP contribution in [0.1, 0.15) is 32.0 Å². The van der Waals surface area contributed by atoms with Gasteiger partial charge in [0.05, 0.1) is 0 Å². The summed E-state index contributed by atoms with van der Waals surface area (Å²) in [5.74, 6) is 0.104. The zero-order valence-electron chi connectivity index (χ0n) is 12.3. The average molecular weight is 348 g/mol. The van der Waals surface area contributed by atoms with E-state index >= 15 is 0 Å². The highest BCUT2D eigenvalue weighted by atomic mass is 79.9. The van der Waals surface area contributed by atoms with E-state index in [2.05, 4.69) is 31.4 Å². The number of aromatic nitrogens is 1. The molecule has 0 amide bonds. The van der Waals surface area contributed by atoms with Crippen molar-refractivity contribution in [3.05, 3.63) is 58.3 Å². The molecule has 2 rings (SSSR count). The normalized spacial score (nSPS) is 12.3. The van der Waals surface area contributed by atoms with Crippen molar-refractivity contribution in [1.82, 2.24) is 10.4 Å². The number of halogens is 1. The average Bonchev–Trinajstić information content (AvgIpc) is 2.40. The molecular weight excluding hydrogens is 330 g/mol. The minimum absolute atomic E-state index is 0.104. The largest absolute Gasteiger partial charge is 0.506 e. The highest BCUT2D eigenvalue weighted by Crippen LogP contribution is 2.20. The van der Waals surface area contributed by atoms with Crippen molar-refractivity contribution in [2.75, 3.05) is 0 Å². The second-order valence-electron chi connectivity index (χ2n) is 5.70. The summed E-state index contributed by atoms with van der Waals surface area (Å²) in [4.78, 5) is 4.25. The molecule has 0 aliphatic carbocycles. The van der Waals surface area contributed by atoms with Gasteiger partial charge in [0.2, 0.25) is 0 Å². The number of nitrogens with zero attached hydrogens (tertiary/aromatic N) is 2. The fourth-order valence-electron chi connectivity index (χ4n) is 1.69. The van der Waals surface area contributed by atoms with Crippen LogP contribution in [0.15, 0.2) is 52.2 Å². The monoisotopic (exact) mass is 347 g/mol. The lowest BCUT2D eigenvalue weighted by Gasteiger charge is -2.19. The van der Waals surface area contributed by atoms with Gasteiger partial charge in [-0.25, -0.2) is 0 Å². The highest BCUT2D eigenvalue weighted by Gasteiger charge is 2.15. The van der Waals surface area contributed by atoms with Gasteiger partial charge in [0.15, 0.2) is 0 Å². The third-order valence-electron chi connectivity index (χ3n) is 2.61. The molecule has 2 aromatic rings. The first-order chi connectivity index (χ1) is 9.87. The van der Waals surface area contributed by atoms with Crippen LogP contribution in [0.2, 0.25) is 0 Å². The van der Waals surface area contributed by atoms with E-state index in [1.54, 1.807) is 18.3 Å². The van der Waals surface area contributed by atoms with E-state index in [4.69, 9.17) is 0 Å². The fraction of sp³-hybridized carbons (Fsp3) is 0.250. The zero-order valence-corrected chi connectivity index (χ0v) is 13.8. The lowest BCUT2D eigenvalue weighted by atomic mass is 10.1. The van der Waals surface area contributed by atoms with E-state index in [1.165, 1.54) is 0 Å². The first kappa shape index (κ1) is 15.5. The Morgan fingerprint density at radius 1 is 1.24 bits per heavy atom. The number of hydrogen-bond donors (Lipinski definition) is 2. The molecule has 4 nitrogen and oxygen atoms in total. The predicted octanol–water partition coefficient (Wildman–Crippen LogP) is 3.69. The van der Waals surface area contributed by atoms with Crippen molar-refractivity contribution in [3.8, 4) is 5.75 Å². The maximum absolute atomic E-state index is 10.1. The topological polar surface area (TPSA) is 57.5 Å². The molecule has 1 aromatic heterocycles. The predicted molar refractivity (Wildman–Crippen MR) is 88.6 cm³/mol. The number of rotatable bonds is 3. The van der Waals surface area contributed by atoms with Crippen LogP contribution >= 0.6 is 15.9 Å². The third kappa shape index (κ3) is 4.29. The van der Waals surface area contributed by atoms with E-state index in [0.29, 0.717) is 11.4 Å². The molecule has 21 heavy (non-hydrogen) atoms. The van der Waals surface area contributed by atoms with Gasteiger partial charge in [-0.1, -0.05) is 28.1 Å². The van der Waals surface area contributed by atoms with Crippen LogP contribution in [0.4, 0.5) is 0 Å². The van der Waals surface area contributed by atoms with Gasteiger partial charge < -0.3 is 10.5 Å². The molecule has 1 heterocycles. The third-order valence-corrected chi connectivity index (χ3v) is 3.11. The molecule has 0 saturated carbocycles. The van der Waals surface area contributed by atoms with Crippen LogP contribution in [0.3, 0.4) is 0 Å². The lowest BCUT2D eigenvalue weighted by Crippen LogP contribution is -2.32. The molecule has 1 aromatic carbocycles. The molecular formula is C16H18BrN3O. The Labute approximate surface area is 133 Å². The highest BCUT2D eigenvalue weighted by molar-refractivity contribution is 9.10. The van der Waals surface area contributed by atoms with Crippen LogP contribution in [-0.2, 0) is 0 Å². The van der Waals surface area contributed by atoms with Crippen molar-refractivity contribution < 1.29 is 5.11 Å². The smallest absolute Gasteiger partial charge is 0.143 e. The Hall–Kier alpha value is -1.88. The molecule has 0 aliphatic rings. The van der Waals surface area contributed by atoms with Gasteiger partial charge in [-0.05, 0) is 45.0 Å². The van der Waals surface area contributed by atoms with Crippen molar-refractivity contribution >= 4 is 21.6 Å². The number of benzene rings is 1. The first-order valence-electron chi connectivity index (χ1n) is 6.62. The number of hydrogen-bond acceptors (Lipinski definition) is 4. The van der Waals surface area contributed by atoms with Gasteiger partial charge >= 0.3 is 0 Å². The molecule has 0 saturated heterocycles. The number of nitrogens with one attached hydrogen (secondary N) is 1. The first-order valence-corrected chi connectivity index (χ1v) is 7.41. The summed E-state index contributed by atoms with van der Waals surface area (Å²) in [6.45, 7) is 6.06. The van der Waals surface area contributed by atoms with E-state index in [-0.39, 0.29) is 11.3 Å². The van der Waals surface area contributed by atoms with Crippen molar-refractivity contribution in [2.24, 2.45) is 5.10 Å². The van der Waals surface area contributed by atoms with Crippen LogP contribution in [-0.4, -0.2) is 21.3 Å². The molecule has 2 N–H and O–H groups in total. The summed E-state index contributed by atoms with van der Waals surface area (Å²) < 4.78 is 0.943. The molecule has 0 aliphatic heterocycles. The van der Waals surface area contributed by atoms with Crippen molar-refractivity contribution in [3.63, 3.8) is 0 Å². The molecule has 0 fully saturated rings. The number of hydrazone groups is 1. The van der Waals surface area contributed by atoms with Crippen LogP contribution in [0.5, 0.6) is 5.75 Å². The number of pyridine rings is 1. The standard InChI is InChI=1S/C16H18BrN3O/c1-16(2,3)20-19-14(11-6-4-7-12(17)10-11)15-13(21)8-5-9-18-15/h4-10,20-21H,1-3H3/b19-14-. The quantitative estimate of drug-likeness (QED) is 0.657. The van der Waals surface area contributed by atoms with E-state index in [0.717, 1.165) is 10.0 Å². The van der Waals surface area contributed by atoms with Crippen molar-refractivity contribution in [1.29, 1.82) is 0 Å². The zero-order chi connectivity index (χ0) is 15.5. The lowest BCUT2D eigenvalue weighted by molar-refractivity contribution is 0.440. The van der Waals surface area contributed by atoms with E-state index < -0.39 is 0 Å². The summed E-state index contributed by atoms with van der Waals surface area (Å²) in [6.07, 6.45) is 1.64. The summed E-state index contributed by atoms with van der Waals surface area (Å²) in [6, 6.07) is 11.0. The Balaban J connectivity index is 2.52. The number of aromatic hydroxyl groups is 1. The maximum atomic E-state index is 10.1. The van der Waals surface area contributed by atoms with Gasteiger partial charge in [-0.15, -0.1) is 0 Å². The summed E-state index contributed by atoms with van der Waals surface area (Å²) >= 11 is 3.45. The van der Waals surface area contributed by atoms with Gasteiger partial charge in [0, 0.05) is 21.8 Å². The van der Waals surface area contributed by atoms with Gasteiger partial charge in [-0.2, -0.15) is 5.10 Å². The Bertz CT molecular complexity index is 663. The molecule has 0 radical (unpaired) electrons. The van der Waals surface area contributed by atoms with Crippen LogP contribution in [0, 0.1) is 0 Å². The second kappa shape index (κ2) is 6.26. The van der Waals surface area contributed by atoms with Crippen molar-refractivity contribution in [2.45, 2.75) is 26.3 Å². The molecule has 5 heteroatoms. The minimum atomic E-state index is -0.179. The Kier molecular flexibility index (Phi) is 4.63. The Morgan fingerprint density at radius 3 is 2.62 bits per heavy atom. The molecule has 0 spiro atoms. The summed E-state index contributed by atoms with van der Waals surface area (Å²) in [5, 5.41) is 14.5. The van der Waals surface area contributed by atoms with Gasteiger partial charge in [0.25, 0.3) is 0 Å². The maximum Gasteiger partial charge on any atom is 0.143 e. The van der Waals surface area contributed by atoms with E-state index in [1.807, 2.05) is 45.0 Å². The fourth-order valence-corrected chi connectivity index (χ4v) is 2.09. The molecule has 110 valence electrons. The van der Waals surface area contributed by atoms with Crippen LogP contribution < -0.4 is 5.43 Å². The van der Waals surface area contributed by atoms with Gasteiger partial charge in [0.1, 0.15) is 17.2 Å². The Morgan fingerprint density at radius 2 is 2.00 bits per heavy atom. The second-order valence-corrected chi connectivity index (χ2v) is 6.62. The van der Waals surface area contributed by atoms with Crippen LogP contribution in [0.25, 0.3) is 0 Å². The van der Waals surface area contributed by atoms with Gasteiger partial charge in [-0.3, -0.25) is 4.98 Å². The molecule has 0 atom stereocenters. The minimum Gasteiger partial charge on any atom is -0.506 e. The summed E-state index contributed by atoms with van der Waals surface area (Å²) in [5.41, 5.74) is 4.83. The molecule has 0 unspecified atom stereocenters. The van der Waals surface area contributed by atoms with E-state index in [9.17, 15) is 5.11 Å².